The summed E-state index contributed by atoms with van der Waals surface area (Å²) in [6.07, 6.45) is 0.282. The second-order valence-corrected chi connectivity index (χ2v) is 8.62. The molecule has 1 aromatic rings. The van der Waals surface area contributed by atoms with Gasteiger partial charge >= 0.3 is 5.97 Å². The summed E-state index contributed by atoms with van der Waals surface area (Å²) in [5.41, 5.74) is 0. The minimum Gasteiger partial charge on any atom is -0.490 e. The standard InChI is InChI=1S/C18H29NO6S/c1-14(2)10-11-23-15(3)18(20)25-13-12-24-16-6-8-17(9-7-16)26(21,22)19(4)5/h6-9,14-15H,10-13H2,1-5H3. The van der Waals surface area contributed by atoms with Gasteiger partial charge in [0.2, 0.25) is 10.0 Å². The molecule has 0 spiro atoms. The highest BCUT2D eigenvalue weighted by atomic mass is 32.2. The Morgan fingerprint density at radius 1 is 1.04 bits per heavy atom. The van der Waals surface area contributed by atoms with Gasteiger partial charge in [0.1, 0.15) is 19.0 Å². The first-order valence-corrected chi connectivity index (χ1v) is 10.0. The van der Waals surface area contributed by atoms with Gasteiger partial charge in [-0.05, 0) is 43.5 Å². The summed E-state index contributed by atoms with van der Waals surface area (Å²) in [4.78, 5) is 12.0. The number of nitrogens with zero attached hydrogens (tertiary/aromatic N) is 1. The molecule has 0 aliphatic carbocycles. The summed E-state index contributed by atoms with van der Waals surface area (Å²) in [5.74, 6) is 0.593. The largest absolute Gasteiger partial charge is 0.490 e. The molecule has 0 aromatic heterocycles. The lowest BCUT2D eigenvalue weighted by atomic mass is 10.1. The molecule has 0 bridgehead atoms. The van der Waals surface area contributed by atoms with E-state index in [0.717, 1.165) is 10.7 Å². The van der Waals surface area contributed by atoms with E-state index in [1.165, 1.54) is 26.2 Å². The third-order valence-electron chi connectivity index (χ3n) is 3.59. The Kier molecular flexibility index (Phi) is 9.04. The average molecular weight is 387 g/mol. The van der Waals surface area contributed by atoms with Gasteiger partial charge in [0.15, 0.2) is 6.10 Å². The van der Waals surface area contributed by atoms with Gasteiger partial charge in [-0.1, -0.05) is 13.8 Å². The average Bonchev–Trinajstić information content (AvgIpc) is 2.58. The summed E-state index contributed by atoms with van der Waals surface area (Å²) in [7, 11) is -0.511. The van der Waals surface area contributed by atoms with Crippen LogP contribution in [0, 0.1) is 5.92 Å². The number of carbonyl (C=O) groups excluding carboxylic acids is 1. The van der Waals surface area contributed by atoms with Crippen LogP contribution in [0.15, 0.2) is 29.2 Å². The highest BCUT2D eigenvalue weighted by molar-refractivity contribution is 7.89. The van der Waals surface area contributed by atoms with E-state index >= 15 is 0 Å². The van der Waals surface area contributed by atoms with Gasteiger partial charge in [-0.25, -0.2) is 17.5 Å². The number of hydrogen-bond donors (Lipinski definition) is 0. The Labute approximate surface area is 156 Å². The Morgan fingerprint density at radius 3 is 2.19 bits per heavy atom. The van der Waals surface area contributed by atoms with Gasteiger partial charge < -0.3 is 14.2 Å². The smallest absolute Gasteiger partial charge is 0.335 e. The van der Waals surface area contributed by atoms with Crippen LogP contribution >= 0.6 is 0 Å². The third-order valence-corrected chi connectivity index (χ3v) is 5.42. The van der Waals surface area contributed by atoms with Gasteiger partial charge in [0, 0.05) is 20.7 Å². The SMILES string of the molecule is CC(C)CCOC(C)C(=O)OCCOc1ccc(S(=O)(=O)N(C)C)cc1. The molecule has 148 valence electrons. The second-order valence-electron chi connectivity index (χ2n) is 6.47. The molecular weight excluding hydrogens is 358 g/mol. The lowest BCUT2D eigenvalue weighted by molar-refractivity contribution is -0.156. The molecule has 0 saturated heterocycles. The van der Waals surface area contributed by atoms with Gasteiger partial charge in [0.05, 0.1) is 4.90 Å². The van der Waals surface area contributed by atoms with Crippen LogP contribution in [0.4, 0.5) is 0 Å². The van der Waals surface area contributed by atoms with Crippen molar-refractivity contribution in [1.82, 2.24) is 4.31 Å². The number of carbonyl (C=O) groups is 1. The van der Waals surface area contributed by atoms with Crippen molar-refractivity contribution in [3.8, 4) is 5.75 Å². The zero-order chi connectivity index (χ0) is 19.7. The molecule has 0 saturated carbocycles. The molecule has 7 nitrogen and oxygen atoms in total. The number of ether oxygens (including phenoxy) is 3. The molecule has 0 aliphatic heterocycles. The molecule has 0 heterocycles. The zero-order valence-corrected chi connectivity index (χ0v) is 16.9. The van der Waals surface area contributed by atoms with Crippen LogP contribution in [-0.2, 0) is 24.3 Å². The molecule has 1 atom stereocenters. The van der Waals surface area contributed by atoms with Crippen LogP contribution in [0.1, 0.15) is 27.2 Å². The van der Waals surface area contributed by atoms with E-state index in [1.54, 1.807) is 19.1 Å². The van der Waals surface area contributed by atoms with Crippen molar-refractivity contribution in [2.45, 2.75) is 38.2 Å². The molecule has 1 rings (SSSR count). The van der Waals surface area contributed by atoms with Crippen molar-refractivity contribution in [3.05, 3.63) is 24.3 Å². The predicted molar refractivity (Wildman–Crippen MR) is 98.6 cm³/mol. The van der Waals surface area contributed by atoms with Crippen LogP contribution in [-0.4, -0.2) is 58.7 Å². The van der Waals surface area contributed by atoms with Gasteiger partial charge in [0.25, 0.3) is 0 Å². The van der Waals surface area contributed by atoms with Crippen molar-refractivity contribution in [3.63, 3.8) is 0 Å². The number of esters is 1. The van der Waals surface area contributed by atoms with E-state index in [1.807, 2.05) is 0 Å². The molecule has 26 heavy (non-hydrogen) atoms. The number of rotatable bonds is 11. The highest BCUT2D eigenvalue weighted by Gasteiger charge is 2.17. The van der Waals surface area contributed by atoms with Crippen LogP contribution in [0.5, 0.6) is 5.75 Å². The minimum absolute atomic E-state index is 0.0917. The van der Waals surface area contributed by atoms with E-state index in [-0.39, 0.29) is 18.1 Å². The summed E-state index contributed by atoms with van der Waals surface area (Å²) in [6.45, 7) is 6.62. The highest BCUT2D eigenvalue weighted by Crippen LogP contribution is 2.18. The first-order chi connectivity index (χ1) is 12.1. The monoisotopic (exact) mass is 387 g/mol. The second kappa shape index (κ2) is 10.5. The Bertz CT molecular complexity index is 655. The third kappa shape index (κ3) is 7.31. The minimum atomic E-state index is -3.46. The Morgan fingerprint density at radius 2 is 1.65 bits per heavy atom. The number of sulfonamides is 1. The maximum atomic E-state index is 12.0. The summed E-state index contributed by atoms with van der Waals surface area (Å²) in [5, 5.41) is 0. The first-order valence-electron chi connectivity index (χ1n) is 8.58. The fraction of sp³-hybridized carbons (Fsp3) is 0.611. The molecule has 8 heteroatoms. The van der Waals surface area contributed by atoms with Crippen molar-refractivity contribution < 1.29 is 27.4 Å². The predicted octanol–water partition coefficient (Wildman–Crippen LogP) is 2.31. The topological polar surface area (TPSA) is 82.1 Å². The zero-order valence-electron chi connectivity index (χ0n) is 16.1. The summed E-state index contributed by atoms with van der Waals surface area (Å²) < 4.78 is 41.1. The lowest BCUT2D eigenvalue weighted by Crippen LogP contribution is -2.25. The number of hydrogen-bond acceptors (Lipinski definition) is 6. The maximum absolute atomic E-state index is 12.0. The van der Waals surface area contributed by atoms with Gasteiger partial charge in [-0.2, -0.15) is 0 Å². The lowest BCUT2D eigenvalue weighted by Gasteiger charge is -2.14. The molecule has 0 N–H and O–H groups in total. The van der Waals surface area contributed by atoms with Crippen molar-refractivity contribution >= 4 is 16.0 Å². The van der Waals surface area contributed by atoms with E-state index in [2.05, 4.69) is 13.8 Å². The fourth-order valence-electron chi connectivity index (χ4n) is 1.89. The molecule has 0 fully saturated rings. The maximum Gasteiger partial charge on any atom is 0.335 e. The van der Waals surface area contributed by atoms with Crippen molar-refractivity contribution in [2.24, 2.45) is 5.92 Å². The molecule has 1 aromatic carbocycles. The molecule has 1 unspecified atom stereocenters. The molecular formula is C18H29NO6S. The van der Waals surface area contributed by atoms with Gasteiger partial charge in [-0.3, -0.25) is 0 Å². The fourth-order valence-corrected chi connectivity index (χ4v) is 2.79. The Hall–Kier alpha value is -1.64. The van der Waals surface area contributed by atoms with E-state index in [9.17, 15) is 13.2 Å². The normalized spacial score (nSPS) is 13.0. The quantitative estimate of drug-likeness (QED) is 0.428. The van der Waals surface area contributed by atoms with Crippen molar-refractivity contribution in [2.75, 3.05) is 33.9 Å². The van der Waals surface area contributed by atoms with E-state index < -0.39 is 22.1 Å². The van der Waals surface area contributed by atoms with E-state index in [4.69, 9.17) is 14.2 Å². The van der Waals surface area contributed by atoms with Crippen LogP contribution in [0.3, 0.4) is 0 Å². The first kappa shape index (κ1) is 22.4. The van der Waals surface area contributed by atoms with Crippen LogP contribution in [0.25, 0.3) is 0 Å². The summed E-state index contributed by atoms with van der Waals surface area (Å²) >= 11 is 0. The molecule has 0 amide bonds. The summed E-state index contributed by atoms with van der Waals surface area (Å²) in [6, 6.07) is 6.08. The molecule has 0 radical (unpaired) electrons. The van der Waals surface area contributed by atoms with Crippen LogP contribution in [0.2, 0.25) is 0 Å². The number of benzene rings is 1. The van der Waals surface area contributed by atoms with Crippen LogP contribution < -0.4 is 4.74 Å². The Balaban J connectivity index is 2.34. The van der Waals surface area contributed by atoms with E-state index in [0.29, 0.717) is 18.3 Å². The van der Waals surface area contributed by atoms with Crippen molar-refractivity contribution in [1.29, 1.82) is 0 Å². The van der Waals surface area contributed by atoms with Gasteiger partial charge in [-0.15, -0.1) is 0 Å². The molecule has 0 aliphatic rings.